The van der Waals surface area contributed by atoms with Crippen LogP contribution in [-0.4, -0.2) is 52.6 Å². The van der Waals surface area contributed by atoms with Gasteiger partial charge in [0.2, 0.25) is 0 Å². The summed E-state index contributed by atoms with van der Waals surface area (Å²) in [7, 11) is 3.69. The SMILES string of the molecule is CN(C)c1sc(C(=O)NC2C(N)CCCC2(F)F)nc1-c1cnn2ccccc12. The van der Waals surface area contributed by atoms with Gasteiger partial charge in [0, 0.05) is 38.3 Å². The van der Waals surface area contributed by atoms with E-state index in [0.717, 1.165) is 27.4 Å². The van der Waals surface area contributed by atoms with Crippen molar-refractivity contribution in [2.24, 2.45) is 5.73 Å². The van der Waals surface area contributed by atoms with Gasteiger partial charge in [-0.15, -0.1) is 0 Å². The Balaban J connectivity index is 1.69. The molecule has 3 aromatic heterocycles. The third-order valence-corrected chi connectivity index (χ3v) is 6.33. The van der Waals surface area contributed by atoms with E-state index in [1.54, 1.807) is 10.7 Å². The number of carbonyl (C=O) groups excluding carboxylic acids is 1. The van der Waals surface area contributed by atoms with Crippen molar-refractivity contribution in [1.29, 1.82) is 0 Å². The molecule has 29 heavy (non-hydrogen) atoms. The number of fused-ring (bicyclic) bond motifs is 1. The molecule has 2 unspecified atom stereocenters. The van der Waals surface area contributed by atoms with E-state index in [1.165, 1.54) is 0 Å². The van der Waals surface area contributed by atoms with Gasteiger partial charge in [-0.25, -0.2) is 18.3 Å². The van der Waals surface area contributed by atoms with Crippen LogP contribution in [0.25, 0.3) is 16.8 Å². The van der Waals surface area contributed by atoms with E-state index in [1.807, 2.05) is 43.4 Å². The number of nitrogens with zero attached hydrogens (tertiary/aromatic N) is 4. The maximum absolute atomic E-state index is 14.3. The number of amides is 1. The number of thiazole rings is 1. The lowest BCUT2D eigenvalue weighted by atomic mass is 9.87. The zero-order valence-corrected chi connectivity index (χ0v) is 16.9. The summed E-state index contributed by atoms with van der Waals surface area (Å²) in [5.74, 6) is -3.66. The van der Waals surface area contributed by atoms with Crippen molar-refractivity contribution in [1.82, 2.24) is 19.9 Å². The van der Waals surface area contributed by atoms with Gasteiger partial charge in [-0.1, -0.05) is 17.4 Å². The normalized spacial score (nSPS) is 21.3. The minimum atomic E-state index is -3.03. The summed E-state index contributed by atoms with van der Waals surface area (Å²) in [5.41, 5.74) is 8.07. The third kappa shape index (κ3) is 3.58. The van der Waals surface area contributed by atoms with Crippen LogP contribution in [-0.2, 0) is 0 Å². The molecule has 2 atom stereocenters. The number of hydrogen-bond donors (Lipinski definition) is 2. The fourth-order valence-corrected chi connectivity index (χ4v) is 4.54. The monoisotopic (exact) mass is 420 g/mol. The number of nitrogens with two attached hydrogens (primary N) is 1. The number of anilines is 1. The van der Waals surface area contributed by atoms with Crippen LogP contribution >= 0.6 is 11.3 Å². The largest absolute Gasteiger partial charge is 0.368 e. The van der Waals surface area contributed by atoms with Gasteiger partial charge in [0.25, 0.3) is 11.8 Å². The van der Waals surface area contributed by atoms with Crippen LogP contribution in [0.2, 0.25) is 0 Å². The zero-order chi connectivity index (χ0) is 20.8. The van der Waals surface area contributed by atoms with Gasteiger partial charge in [0.05, 0.1) is 11.7 Å². The molecular weight excluding hydrogens is 398 g/mol. The highest BCUT2D eigenvalue weighted by atomic mass is 32.1. The molecule has 3 heterocycles. The number of alkyl halides is 2. The Morgan fingerprint density at radius 3 is 2.93 bits per heavy atom. The highest BCUT2D eigenvalue weighted by molar-refractivity contribution is 7.18. The molecular formula is C19H22F2N6OS. The van der Waals surface area contributed by atoms with E-state index in [2.05, 4.69) is 15.4 Å². The molecule has 3 aromatic rings. The second-order valence-electron chi connectivity index (χ2n) is 7.42. The molecule has 0 saturated heterocycles. The lowest BCUT2D eigenvalue weighted by molar-refractivity contribution is -0.0674. The molecule has 7 nitrogen and oxygen atoms in total. The Kier molecular flexibility index (Phi) is 4.99. The van der Waals surface area contributed by atoms with E-state index < -0.39 is 23.9 Å². The Morgan fingerprint density at radius 2 is 2.21 bits per heavy atom. The number of hydrogen-bond acceptors (Lipinski definition) is 6. The van der Waals surface area contributed by atoms with Crippen molar-refractivity contribution in [3.8, 4) is 11.3 Å². The second kappa shape index (κ2) is 7.34. The highest BCUT2D eigenvalue weighted by Gasteiger charge is 2.46. The predicted molar refractivity (Wildman–Crippen MR) is 109 cm³/mol. The number of pyridine rings is 1. The van der Waals surface area contributed by atoms with E-state index in [0.29, 0.717) is 18.5 Å². The van der Waals surface area contributed by atoms with Crippen molar-refractivity contribution >= 4 is 27.8 Å². The molecule has 4 rings (SSSR count). The molecule has 0 aromatic carbocycles. The Hall–Kier alpha value is -2.59. The van der Waals surface area contributed by atoms with Gasteiger partial charge in [-0.2, -0.15) is 5.10 Å². The third-order valence-electron chi connectivity index (χ3n) is 5.11. The van der Waals surface area contributed by atoms with Crippen LogP contribution in [0.5, 0.6) is 0 Å². The fourth-order valence-electron chi connectivity index (χ4n) is 3.63. The number of nitrogens with one attached hydrogen (secondary N) is 1. The number of aromatic nitrogens is 3. The van der Waals surface area contributed by atoms with E-state index in [4.69, 9.17) is 5.73 Å². The van der Waals surface area contributed by atoms with Crippen LogP contribution in [0.15, 0.2) is 30.6 Å². The van der Waals surface area contributed by atoms with Crippen LogP contribution < -0.4 is 16.0 Å². The Bertz CT molecular complexity index is 1050. The van der Waals surface area contributed by atoms with Crippen molar-refractivity contribution < 1.29 is 13.6 Å². The van der Waals surface area contributed by atoms with Crippen molar-refractivity contribution in [3.63, 3.8) is 0 Å². The lowest BCUT2D eigenvalue weighted by Crippen LogP contribution is -2.59. The molecule has 0 spiro atoms. The van der Waals surface area contributed by atoms with Crippen LogP contribution in [0.4, 0.5) is 13.8 Å². The van der Waals surface area contributed by atoms with Gasteiger partial charge in [-0.05, 0) is 25.0 Å². The van der Waals surface area contributed by atoms with E-state index >= 15 is 0 Å². The summed E-state index contributed by atoms with van der Waals surface area (Å²) < 4.78 is 30.3. The van der Waals surface area contributed by atoms with Crippen LogP contribution in [0.3, 0.4) is 0 Å². The topological polar surface area (TPSA) is 88.5 Å². The smallest absolute Gasteiger partial charge is 0.280 e. The van der Waals surface area contributed by atoms with Gasteiger partial charge < -0.3 is 16.0 Å². The summed E-state index contributed by atoms with van der Waals surface area (Å²) in [6, 6.07) is 3.49. The predicted octanol–water partition coefficient (Wildman–Crippen LogP) is 2.77. The maximum Gasteiger partial charge on any atom is 0.280 e. The minimum Gasteiger partial charge on any atom is -0.368 e. The summed E-state index contributed by atoms with van der Waals surface area (Å²) in [5, 5.41) is 7.61. The highest BCUT2D eigenvalue weighted by Crippen LogP contribution is 2.38. The molecule has 1 amide bonds. The number of carbonyl (C=O) groups is 1. The minimum absolute atomic E-state index is 0.118. The molecule has 1 aliphatic rings. The quantitative estimate of drug-likeness (QED) is 0.678. The maximum atomic E-state index is 14.3. The van der Waals surface area contributed by atoms with Crippen molar-refractivity contribution in [2.45, 2.75) is 37.3 Å². The number of rotatable bonds is 4. The van der Waals surface area contributed by atoms with Gasteiger partial charge in [0.15, 0.2) is 5.01 Å². The van der Waals surface area contributed by atoms with Crippen LogP contribution in [0, 0.1) is 0 Å². The molecule has 3 N–H and O–H groups in total. The van der Waals surface area contributed by atoms with Crippen LogP contribution in [0.1, 0.15) is 29.1 Å². The lowest BCUT2D eigenvalue weighted by Gasteiger charge is -2.36. The van der Waals surface area contributed by atoms with E-state index in [-0.39, 0.29) is 11.4 Å². The molecule has 10 heteroatoms. The molecule has 1 fully saturated rings. The molecule has 1 saturated carbocycles. The summed E-state index contributed by atoms with van der Waals surface area (Å²) in [6.07, 6.45) is 4.03. The first-order valence-corrected chi connectivity index (χ1v) is 10.1. The van der Waals surface area contributed by atoms with Crippen molar-refractivity contribution in [3.05, 3.63) is 35.6 Å². The summed E-state index contributed by atoms with van der Waals surface area (Å²) in [6.45, 7) is 0. The van der Waals surface area contributed by atoms with Crippen molar-refractivity contribution in [2.75, 3.05) is 19.0 Å². The molecule has 1 aliphatic carbocycles. The molecule has 154 valence electrons. The molecule has 0 radical (unpaired) electrons. The summed E-state index contributed by atoms with van der Waals surface area (Å²) in [4.78, 5) is 19.1. The first kappa shape index (κ1) is 19.7. The second-order valence-corrected chi connectivity index (χ2v) is 8.40. The fraction of sp³-hybridized carbons (Fsp3) is 0.421. The molecule has 0 aliphatic heterocycles. The molecule has 0 bridgehead atoms. The average Bonchev–Trinajstić information content (AvgIpc) is 3.28. The first-order chi connectivity index (χ1) is 13.8. The van der Waals surface area contributed by atoms with Gasteiger partial charge >= 0.3 is 0 Å². The summed E-state index contributed by atoms with van der Waals surface area (Å²) >= 11 is 1.15. The van der Waals surface area contributed by atoms with Gasteiger partial charge in [-0.3, -0.25) is 4.79 Å². The van der Waals surface area contributed by atoms with E-state index in [9.17, 15) is 13.6 Å². The Labute approximate surface area is 170 Å². The standard InChI is InChI=1S/C19H22F2N6OS/c1-26(2)18-14(11-10-23-27-9-4-3-7-13(11)27)24-17(29-18)16(28)25-15-12(22)6-5-8-19(15,20)21/h3-4,7,9-10,12,15H,5-6,8,22H2,1-2H3,(H,25,28). The van der Waals surface area contributed by atoms with Gasteiger partial charge in [0.1, 0.15) is 16.7 Å². The Morgan fingerprint density at radius 1 is 1.41 bits per heavy atom. The first-order valence-electron chi connectivity index (χ1n) is 9.33. The number of halogens is 2. The average molecular weight is 420 g/mol. The zero-order valence-electron chi connectivity index (χ0n) is 16.1.